The monoisotopic (exact) mass is 432 g/mol. The van der Waals surface area contributed by atoms with Crippen LogP contribution in [0.4, 0.5) is 5.82 Å². The van der Waals surface area contributed by atoms with Crippen LogP contribution < -0.4 is 14.4 Å². The van der Waals surface area contributed by atoms with Crippen molar-refractivity contribution in [2.75, 3.05) is 19.1 Å². The van der Waals surface area contributed by atoms with Crippen LogP contribution in [0, 0.1) is 0 Å². The molecular weight excluding hydrogens is 416 g/mol. The third kappa shape index (κ3) is 3.28. The van der Waals surface area contributed by atoms with Crippen LogP contribution in [-0.2, 0) is 9.59 Å². The highest BCUT2D eigenvalue weighted by molar-refractivity contribution is 9.10. The van der Waals surface area contributed by atoms with E-state index < -0.39 is 23.5 Å². The van der Waals surface area contributed by atoms with Gasteiger partial charge < -0.3 is 14.6 Å². The molecular formula is C19H17BrN2O5. The van der Waals surface area contributed by atoms with Gasteiger partial charge in [0.25, 0.3) is 5.91 Å². The fourth-order valence-electron chi connectivity index (χ4n) is 3.05. The van der Waals surface area contributed by atoms with Gasteiger partial charge in [0.1, 0.15) is 5.82 Å². The van der Waals surface area contributed by atoms with E-state index in [2.05, 4.69) is 20.9 Å². The lowest BCUT2D eigenvalue weighted by Gasteiger charge is -2.26. The maximum absolute atomic E-state index is 12.7. The lowest BCUT2D eigenvalue weighted by molar-refractivity contribution is -0.117. The van der Waals surface area contributed by atoms with Gasteiger partial charge in [-0.1, -0.05) is 6.07 Å². The molecule has 0 bridgehead atoms. The number of methoxy groups -OCH3 is 2. The summed E-state index contributed by atoms with van der Waals surface area (Å²) in [6.07, 6.45) is 1.54. The number of aliphatic hydroxyl groups is 1. The lowest BCUT2D eigenvalue weighted by atomic mass is 9.96. The van der Waals surface area contributed by atoms with E-state index in [4.69, 9.17) is 9.47 Å². The topological polar surface area (TPSA) is 89.0 Å². The Hall–Kier alpha value is -2.87. The fraction of sp³-hybridized carbons (Fsp3) is 0.211. The Balaban J connectivity index is 2.18. The number of hydrogen-bond donors (Lipinski definition) is 1. The summed E-state index contributed by atoms with van der Waals surface area (Å²) in [4.78, 5) is 30.5. The molecule has 1 aliphatic heterocycles. The maximum Gasteiger partial charge on any atom is 0.295 e. The molecule has 1 unspecified atom stereocenters. The Morgan fingerprint density at radius 3 is 2.44 bits per heavy atom. The number of Topliss-reactive ketones (excluding diaryl/α,β-unsaturated/α-hetero) is 1. The molecule has 3 rings (SSSR count). The molecule has 1 N–H and O–H groups in total. The Bertz CT molecular complexity index is 940. The first-order chi connectivity index (χ1) is 12.9. The van der Waals surface area contributed by atoms with Gasteiger partial charge in [0.15, 0.2) is 23.0 Å². The number of ketones is 1. The Kier molecular flexibility index (Phi) is 5.18. The number of aliphatic hydroxyl groups excluding tert-OH is 1. The first kappa shape index (κ1) is 18.9. The summed E-state index contributed by atoms with van der Waals surface area (Å²) < 4.78 is 11.3. The van der Waals surface area contributed by atoms with Crippen LogP contribution in [0.25, 0.3) is 0 Å². The Labute approximate surface area is 164 Å². The van der Waals surface area contributed by atoms with E-state index in [0.717, 1.165) is 4.47 Å². The summed E-state index contributed by atoms with van der Waals surface area (Å²) in [6.45, 7) is 1.31. The molecule has 27 heavy (non-hydrogen) atoms. The average molecular weight is 433 g/mol. The van der Waals surface area contributed by atoms with Crippen LogP contribution in [0.1, 0.15) is 18.5 Å². The molecule has 0 saturated carbocycles. The highest BCUT2D eigenvalue weighted by Gasteiger charge is 2.44. The van der Waals surface area contributed by atoms with E-state index in [-0.39, 0.29) is 5.57 Å². The minimum Gasteiger partial charge on any atom is -0.503 e. The number of pyridine rings is 1. The van der Waals surface area contributed by atoms with Crippen molar-refractivity contribution < 1.29 is 24.2 Å². The van der Waals surface area contributed by atoms with Crippen molar-refractivity contribution in [3.63, 3.8) is 0 Å². The van der Waals surface area contributed by atoms with Crippen LogP contribution in [0.5, 0.6) is 11.5 Å². The van der Waals surface area contributed by atoms with Crippen molar-refractivity contribution in [1.29, 1.82) is 0 Å². The zero-order valence-corrected chi connectivity index (χ0v) is 16.5. The zero-order chi connectivity index (χ0) is 19.7. The third-order valence-electron chi connectivity index (χ3n) is 4.27. The number of carbonyl (C=O) groups is 2. The van der Waals surface area contributed by atoms with E-state index in [1.54, 1.807) is 30.3 Å². The van der Waals surface area contributed by atoms with E-state index in [1.807, 2.05) is 0 Å². The standard InChI is InChI=1S/C19H17BrN2O5/c1-10(23)16-17(11-4-6-13(26-2)14(8-11)27-3)22(19(25)18(16)24)15-7-5-12(20)9-21-15/h4-9,17,24H,1-3H3. The second-order valence-corrected chi connectivity index (χ2v) is 6.76. The molecule has 2 aromatic rings. The SMILES string of the molecule is COc1ccc(C2C(C(C)=O)=C(O)C(=O)N2c2ccc(Br)cn2)cc1OC. The second kappa shape index (κ2) is 7.40. The molecule has 0 fully saturated rings. The first-order valence-corrected chi connectivity index (χ1v) is 8.79. The number of anilines is 1. The van der Waals surface area contributed by atoms with E-state index in [1.165, 1.54) is 32.2 Å². The molecule has 1 amide bonds. The fourth-order valence-corrected chi connectivity index (χ4v) is 3.28. The van der Waals surface area contributed by atoms with Gasteiger partial charge in [0.2, 0.25) is 0 Å². The summed E-state index contributed by atoms with van der Waals surface area (Å²) >= 11 is 3.30. The number of ether oxygens (including phenoxy) is 2. The summed E-state index contributed by atoms with van der Waals surface area (Å²) in [5, 5.41) is 10.3. The predicted octanol–water partition coefficient (Wildman–Crippen LogP) is 3.35. The number of rotatable bonds is 5. The number of benzene rings is 1. The molecule has 1 aliphatic rings. The van der Waals surface area contributed by atoms with Gasteiger partial charge in [-0.3, -0.25) is 14.5 Å². The predicted molar refractivity (Wildman–Crippen MR) is 102 cm³/mol. The largest absolute Gasteiger partial charge is 0.503 e. The van der Waals surface area contributed by atoms with Crippen molar-refractivity contribution in [2.45, 2.75) is 13.0 Å². The van der Waals surface area contributed by atoms with Gasteiger partial charge in [-0.05, 0) is 52.7 Å². The number of hydrogen-bond acceptors (Lipinski definition) is 6. The number of nitrogens with zero attached hydrogens (tertiary/aromatic N) is 2. The van der Waals surface area contributed by atoms with Crippen LogP contribution in [0.2, 0.25) is 0 Å². The molecule has 0 saturated heterocycles. The quantitative estimate of drug-likeness (QED) is 0.778. The van der Waals surface area contributed by atoms with E-state index >= 15 is 0 Å². The zero-order valence-electron chi connectivity index (χ0n) is 14.9. The normalized spacial score (nSPS) is 16.7. The molecule has 1 aromatic heterocycles. The molecule has 2 heterocycles. The average Bonchev–Trinajstić information content (AvgIpc) is 2.93. The maximum atomic E-state index is 12.7. The minimum absolute atomic E-state index is 0.0111. The molecule has 1 atom stereocenters. The Morgan fingerprint density at radius 2 is 1.89 bits per heavy atom. The highest BCUT2D eigenvalue weighted by atomic mass is 79.9. The number of halogens is 1. The highest BCUT2D eigenvalue weighted by Crippen LogP contribution is 2.42. The molecule has 1 aromatic carbocycles. The summed E-state index contributed by atoms with van der Waals surface area (Å²) in [5.41, 5.74) is 0.594. The van der Waals surface area contributed by atoms with Gasteiger partial charge in [-0.25, -0.2) is 4.98 Å². The van der Waals surface area contributed by atoms with Gasteiger partial charge in [-0.2, -0.15) is 0 Å². The second-order valence-electron chi connectivity index (χ2n) is 5.85. The first-order valence-electron chi connectivity index (χ1n) is 8.00. The summed E-state index contributed by atoms with van der Waals surface area (Å²) in [6, 6.07) is 7.59. The van der Waals surface area contributed by atoms with Crippen molar-refractivity contribution >= 4 is 33.4 Å². The lowest BCUT2D eigenvalue weighted by Crippen LogP contribution is -2.31. The van der Waals surface area contributed by atoms with E-state index in [9.17, 15) is 14.7 Å². The number of carbonyl (C=O) groups excluding carboxylic acids is 2. The molecule has 7 nitrogen and oxygen atoms in total. The van der Waals surface area contributed by atoms with Gasteiger partial charge in [0.05, 0.1) is 25.8 Å². The van der Waals surface area contributed by atoms with Gasteiger partial charge in [-0.15, -0.1) is 0 Å². The van der Waals surface area contributed by atoms with Gasteiger partial charge >= 0.3 is 0 Å². The summed E-state index contributed by atoms with van der Waals surface area (Å²) in [7, 11) is 3.01. The molecule has 8 heteroatoms. The van der Waals surface area contributed by atoms with E-state index in [0.29, 0.717) is 22.9 Å². The molecule has 140 valence electrons. The summed E-state index contributed by atoms with van der Waals surface area (Å²) in [5.74, 6) is -0.398. The number of amides is 1. The van der Waals surface area contributed by atoms with Crippen LogP contribution in [-0.4, -0.2) is 36.0 Å². The molecule has 0 radical (unpaired) electrons. The van der Waals surface area contributed by atoms with Crippen LogP contribution in [0.15, 0.2) is 52.3 Å². The van der Waals surface area contributed by atoms with Gasteiger partial charge in [0, 0.05) is 10.7 Å². The minimum atomic E-state index is -0.830. The van der Waals surface area contributed by atoms with Crippen molar-refractivity contribution in [3.05, 3.63) is 57.9 Å². The van der Waals surface area contributed by atoms with Crippen molar-refractivity contribution in [1.82, 2.24) is 4.98 Å². The number of aromatic nitrogens is 1. The Morgan fingerprint density at radius 1 is 1.19 bits per heavy atom. The molecule has 0 spiro atoms. The smallest absolute Gasteiger partial charge is 0.295 e. The van der Waals surface area contributed by atoms with Crippen LogP contribution in [0.3, 0.4) is 0 Å². The van der Waals surface area contributed by atoms with Crippen molar-refractivity contribution in [3.8, 4) is 11.5 Å². The van der Waals surface area contributed by atoms with Crippen LogP contribution >= 0.6 is 15.9 Å². The van der Waals surface area contributed by atoms with Crippen molar-refractivity contribution in [2.24, 2.45) is 0 Å². The molecule has 0 aliphatic carbocycles. The third-order valence-corrected chi connectivity index (χ3v) is 4.74.